The summed E-state index contributed by atoms with van der Waals surface area (Å²) in [5, 5.41) is 2.81. The second kappa shape index (κ2) is 8.98. The third-order valence-corrected chi connectivity index (χ3v) is 7.26. The maximum absolute atomic E-state index is 13.0. The van der Waals surface area contributed by atoms with Gasteiger partial charge in [-0.3, -0.25) is 4.79 Å². The van der Waals surface area contributed by atoms with Gasteiger partial charge in [0, 0.05) is 31.7 Å². The number of anilines is 1. The van der Waals surface area contributed by atoms with E-state index < -0.39 is 10.0 Å². The summed E-state index contributed by atoms with van der Waals surface area (Å²) in [6.07, 6.45) is 6.76. The van der Waals surface area contributed by atoms with Crippen LogP contribution in [-0.4, -0.2) is 57.8 Å². The zero-order valence-corrected chi connectivity index (χ0v) is 17.9. The van der Waals surface area contributed by atoms with Crippen molar-refractivity contribution in [1.82, 2.24) is 29.1 Å². The minimum absolute atomic E-state index is 0.148. The maximum Gasteiger partial charge on any atom is 0.251 e. The lowest BCUT2D eigenvalue weighted by molar-refractivity contribution is 0.0952. The molecule has 0 atom stereocenters. The van der Waals surface area contributed by atoms with Crippen LogP contribution >= 0.6 is 0 Å². The fourth-order valence-electron chi connectivity index (χ4n) is 3.68. The standard InChI is InChI=1S/C20H25N7O3S/c21-18-17-19(24-13-23-18)26(14-25-17)11-8-22-20(28)15-6-5-7-16(12-15)31(29,30)27-9-3-1-2-4-10-27/h5-7,12-14H,1-4,8-11H2,(H,22,28)(H2,21,23,24). The molecule has 3 heterocycles. The van der Waals surface area contributed by atoms with Crippen LogP contribution in [0.15, 0.2) is 41.8 Å². The van der Waals surface area contributed by atoms with Crippen LogP contribution in [0.4, 0.5) is 5.82 Å². The van der Waals surface area contributed by atoms with E-state index in [2.05, 4.69) is 20.3 Å². The van der Waals surface area contributed by atoms with E-state index in [1.54, 1.807) is 29.1 Å². The molecule has 0 radical (unpaired) electrons. The lowest BCUT2D eigenvalue weighted by Crippen LogP contribution is -2.32. The van der Waals surface area contributed by atoms with Gasteiger partial charge < -0.3 is 15.6 Å². The molecule has 1 aliphatic heterocycles. The Morgan fingerprint density at radius 3 is 2.65 bits per heavy atom. The topological polar surface area (TPSA) is 136 Å². The van der Waals surface area contributed by atoms with E-state index >= 15 is 0 Å². The molecule has 164 valence electrons. The number of nitrogens with one attached hydrogen (secondary N) is 1. The molecule has 0 unspecified atom stereocenters. The average molecular weight is 444 g/mol. The van der Waals surface area contributed by atoms with Gasteiger partial charge in [0.15, 0.2) is 11.5 Å². The second-order valence-corrected chi connectivity index (χ2v) is 9.41. The van der Waals surface area contributed by atoms with Crippen molar-refractivity contribution in [3.05, 3.63) is 42.5 Å². The number of carbonyl (C=O) groups is 1. The summed E-state index contributed by atoms with van der Waals surface area (Å²) in [5.41, 5.74) is 7.19. The molecule has 2 aromatic heterocycles. The molecule has 1 aromatic carbocycles. The third kappa shape index (κ3) is 4.52. The zero-order valence-electron chi connectivity index (χ0n) is 17.1. The van der Waals surface area contributed by atoms with Crippen LogP contribution in [0.5, 0.6) is 0 Å². The summed E-state index contributed by atoms with van der Waals surface area (Å²) < 4.78 is 29.3. The van der Waals surface area contributed by atoms with Gasteiger partial charge in [0.2, 0.25) is 10.0 Å². The lowest BCUT2D eigenvalue weighted by atomic mass is 10.2. The Kier molecular flexibility index (Phi) is 6.14. The predicted molar refractivity (Wildman–Crippen MR) is 116 cm³/mol. The number of fused-ring (bicyclic) bond motifs is 1. The highest BCUT2D eigenvalue weighted by Crippen LogP contribution is 2.21. The smallest absolute Gasteiger partial charge is 0.251 e. The van der Waals surface area contributed by atoms with E-state index in [0.717, 1.165) is 25.7 Å². The number of imidazole rings is 1. The molecular weight excluding hydrogens is 418 g/mol. The summed E-state index contributed by atoms with van der Waals surface area (Å²) >= 11 is 0. The predicted octanol–water partition coefficient (Wildman–Crippen LogP) is 1.40. The summed E-state index contributed by atoms with van der Waals surface area (Å²) in [7, 11) is -3.61. The number of carbonyl (C=O) groups excluding carboxylic acids is 1. The van der Waals surface area contributed by atoms with Crippen molar-refractivity contribution in [1.29, 1.82) is 0 Å². The van der Waals surface area contributed by atoms with Gasteiger partial charge in [0.25, 0.3) is 5.91 Å². The monoisotopic (exact) mass is 443 g/mol. The van der Waals surface area contributed by atoms with Gasteiger partial charge in [-0.1, -0.05) is 18.9 Å². The quantitative estimate of drug-likeness (QED) is 0.588. The van der Waals surface area contributed by atoms with Crippen molar-refractivity contribution >= 4 is 32.9 Å². The zero-order chi connectivity index (χ0) is 21.8. The lowest BCUT2D eigenvalue weighted by Gasteiger charge is -2.20. The number of rotatable bonds is 6. The molecule has 0 bridgehead atoms. The first-order valence-corrected chi connectivity index (χ1v) is 11.7. The van der Waals surface area contributed by atoms with E-state index in [1.165, 1.54) is 16.7 Å². The third-order valence-electron chi connectivity index (χ3n) is 5.37. The molecule has 3 aromatic rings. The van der Waals surface area contributed by atoms with E-state index in [0.29, 0.717) is 48.7 Å². The van der Waals surface area contributed by atoms with E-state index in [-0.39, 0.29) is 10.8 Å². The van der Waals surface area contributed by atoms with E-state index in [1.807, 2.05) is 0 Å². The Balaban J connectivity index is 1.42. The number of aromatic nitrogens is 4. The second-order valence-electron chi connectivity index (χ2n) is 7.47. The minimum atomic E-state index is -3.61. The number of hydrogen-bond donors (Lipinski definition) is 2. The van der Waals surface area contributed by atoms with Crippen LogP contribution in [0, 0.1) is 0 Å². The van der Waals surface area contributed by atoms with Crippen molar-refractivity contribution in [3.63, 3.8) is 0 Å². The first kappa shape index (κ1) is 21.2. The number of benzene rings is 1. The van der Waals surface area contributed by atoms with Gasteiger partial charge in [0.1, 0.15) is 11.8 Å². The molecular formula is C20H25N7O3S. The van der Waals surface area contributed by atoms with Crippen molar-refractivity contribution in [2.75, 3.05) is 25.4 Å². The molecule has 31 heavy (non-hydrogen) atoms. The Morgan fingerprint density at radius 2 is 1.87 bits per heavy atom. The van der Waals surface area contributed by atoms with Crippen LogP contribution in [0.3, 0.4) is 0 Å². The van der Waals surface area contributed by atoms with Gasteiger partial charge in [-0.25, -0.2) is 23.4 Å². The number of nitrogen functional groups attached to an aromatic ring is 1. The van der Waals surface area contributed by atoms with Crippen LogP contribution in [-0.2, 0) is 16.6 Å². The maximum atomic E-state index is 13.0. The van der Waals surface area contributed by atoms with Crippen molar-refractivity contribution in [2.24, 2.45) is 0 Å². The summed E-state index contributed by atoms with van der Waals surface area (Å²) in [5.74, 6) is -0.0401. The Morgan fingerprint density at radius 1 is 1.10 bits per heavy atom. The largest absolute Gasteiger partial charge is 0.382 e. The van der Waals surface area contributed by atoms with E-state index in [9.17, 15) is 13.2 Å². The fraction of sp³-hybridized carbons (Fsp3) is 0.400. The van der Waals surface area contributed by atoms with Crippen molar-refractivity contribution < 1.29 is 13.2 Å². The number of amides is 1. The van der Waals surface area contributed by atoms with Crippen LogP contribution in [0.1, 0.15) is 36.0 Å². The van der Waals surface area contributed by atoms with Crippen LogP contribution in [0.2, 0.25) is 0 Å². The normalized spacial score (nSPS) is 15.6. The molecule has 1 saturated heterocycles. The summed E-state index contributed by atoms with van der Waals surface area (Å²) in [4.78, 5) is 25.0. The molecule has 1 aliphatic rings. The summed E-state index contributed by atoms with van der Waals surface area (Å²) in [6, 6.07) is 6.19. The first-order chi connectivity index (χ1) is 15.0. The van der Waals surface area contributed by atoms with Crippen LogP contribution < -0.4 is 11.1 Å². The Hall–Kier alpha value is -3.05. The molecule has 1 fully saturated rings. The number of nitrogens with zero attached hydrogens (tertiary/aromatic N) is 5. The molecule has 11 heteroatoms. The minimum Gasteiger partial charge on any atom is -0.382 e. The van der Waals surface area contributed by atoms with Crippen molar-refractivity contribution in [3.8, 4) is 0 Å². The Labute approximate surface area is 180 Å². The van der Waals surface area contributed by atoms with Crippen LogP contribution in [0.25, 0.3) is 11.2 Å². The molecule has 4 rings (SSSR count). The number of sulfonamides is 1. The molecule has 0 aliphatic carbocycles. The molecule has 1 amide bonds. The Bertz CT molecular complexity index is 1180. The van der Waals surface area contributed by atoms with Gasteiger partial charge in [-0.05, 0) is 31.0 Å². The number of hydrogen-bond acceptors (Lipinski definition) is 7. The molecule has 0 spiro atoms. The van der Waals surface area contributed by atoms with Gasteiger partial charge in [-0.2, -0.15) is 4.31 Å². The van der Waals surface area contributed by atoms with Gasteiger partial charge in [0.05, 0.1) is 11.2 Å². The SMILES string of the molecule is Nc1ncnc2c1ncn2CCNC(=O)c1cccc(S(=O)(=O)N2CCCCCC2)c1. The van der Waals surface area contributed by atoms with Gasteiger partial charge in [-0.15, -0.1) is 0 Å². The van der Waals surface area contributed by atoms with Gasteiger partial charge >= 0.3 is 0 Å². The highest BCUT2D eigenvalue weighted by molar-refractivity contribution is 7.89. The van der Waals surface area contributed by atoms with Crippen molar-refractivity contribution in [2.45, 2.75) is 37.1 Å². The number of nitrogens with two attached hydrogens (primary N) is 1. The summed E-state index contributed by atoms with van der Waals surface area (Å²) in [6.45, 7) is 1.79. The fourth-order valence-corrected chi connectivity index (χ4v) is 5.25. The molecule has 3 N–H and O–H groups in total. The molecule has 0 saturated carbocycles. The first-order valence-electron chi connectivity index (χ1n) is 10.3. The molecule has 10 nitrogen and oxygen atoms in total. The van der Waals surface area contributed by atoms with E-state index in [4.69, 9.17) is 5.73 Å². The average Bonchev–Trinajstić information content (AvgIpc) is 2.99. The highest BCUT2D eigenvalue weighted by Gasteiger charge is 2.25. The highest BCUT2D eigenvalue weighted by atomic mass is 32.2.